The first-order valence-electron chi connectivity index (χ1n) is 9.95. The summed E-state index contributed by atoms with van der Waals surface area (Å²) in [5.74, 6) is 4.10. The lowest BCUT2D eigenvalue weighted by molar-refractivity contribution is -0.120. The third-order valence-corrected chi connectivity index (χ3v) is 5.31. The molecular formula is C23H19ClFN5O2. The van der Waals surface area contributed by atoms with Crippen molar-refractivity contribution in [3.05, 3.63) is 76.5 Å². The van der Waals surface area contributed by atoms with Gasteiger partial charge in [-0.2, -0.15) is 5.10 Å². The second kappa shape index (κ2) is 9.20. The summed E-state index contributed by atoms with van der Waals surface area (Å²) in [6.07, 6.45) is 4.00. The molecule has 0 saturated heterocycles. The zero-order valence-corrected chi connectivity index (χ0v) is 17.9. The highest BCUT2D eigenvalue weighted by Gasteiger charge is 2.35. The summed E-state index contributed by atoms with van der Waals surface area (Å²) >= 11 is 6.17. The molecule has 0 unspecified atom stereocenters. The molecule has 1 aliphatic rings. The van der Waals surface area contributed by atoms with Gasteiger partial charge in [0, 0.05) is 30.3 Å². The van der Waals surface area contributed by atoms with Gasteiger partial charge in [0.25, 0.3) is 5.91 Å². The van der Waals surface area contributed by atoms with Crippen LogP contribution in [0.5, 0.6) is 0 Å². The summed E-state index contributed by atoms with van der Waals surface area (Å²) < 4.78 is 16.1. The molecule has 1 aliphatic carbocycles. The fourth-order valence-corrected chi connectivity index (χ4v) is 3.67. The van der Waals surface area contributed by atoms with Gasteiger partial charge in [0.1, 0.15) is 5.69 Å². The Hall–Kier alpha value is -3.70. The van der Waals surface area contributed by atoms with Crippen LogP contribution in [-0.2, 0) is 4.79 Å². The van der Waals surface area contributed by atoms with Crippen molar-refractivity contribution in [3.8, 4) is 11.8 Å². The molecule has 0 atom stereocenters. The van der Waals surface area contributed by atoms with Crippen LogP contribution in [0.25, 0.3) is 0 Å². The minimum absolute atomic E-state index is 0.0278. The number of hydrogen-bond acceptors (Lipinski definition) is 4. The van der Waals surface area contributed by atoms with Gasteiger partial charge in [-0.25, -0.2) is 9.37 Å². The van der Waals surface area contributed by atoms with Gasteiger partial charge in [-0.3, -0.25) is 14.3 Å². The molecule has 0 radical (unpaired) electrons. The summed E-state index contributed by atoms with van der Waals surface area (Å²) in [5.41, 5.74) is 1.29. The Kier molecular flexibility index (Phi) is 6.19. The minimum Gasteiger partial charge on any atom is -0.353 e. The number of anilines is 1. The predicted molar refractivity (Wildman–Crippen MR) is 118 cm³/mol. The number of benzene rings is 1. The maximum atomic E-state index is 14.5. The number of nitrogens with zero attached hydrogens (tertiary/aromatic N) is 3. The van der Waals surface area contributed by atoms with Crippen molar-refractivity contribution < 1.29 is 14.0 Å². The van der Waals surface area contributed by atoms with Gasteiger partial charge in [-0.15, -0.1) is 0 Å². The van der Waals surface area contributed by atoms with E-state index >= 15 is 0 Å². The van der Waals surface area contributed by atoms with E-state index in [0.29, 0.717) is 18.4 Å². The Labute approximate surface area is 189 Å². The van der Waals surface area contributed by atoms with E-state index in [-0.39, 0.29) is 34.5 Å². The molecule has 1 aromatic carbocycles. The summed E-state index contributed by atoms with van der Waals surface area (Å²) in [6.45, 7) is 1.46. The van der Waals surface area contributed by atoms with Gasteiger partial charge in [0.05, 0.1) is 17.3 Å². The number of hydrogen-bond donors (Lipinski definition) is 2. The number of rotatable bonds is 4. The zero-order chi connectivity index (χ0) is 22.7. The first kappa shape index (κ1) is 21.5. The third-order valence-electron chi connectivity index (χ3n) is 5.03. The first-order valence-corrected chi connectivity index (χ1v) is 10.3. The SMILES string of the molecule is CC(=O)NC1CC(n2ncc(Cl)c2C(=O)Nc2ncc(C#Cc3ccccc3)cc2F)C1. The van der Waals surface area contributed by atoms with Crippen LogP contribution in [0.3, 0.4) is 0 Å². The molecule has 9 heteroatoms. The van der Waals surface area contributed by atoms with Crippen LogP contribution in [0.1, 0.15) is 47.4 Å². The molecule has 4 rings (SSSR count). The minimum atomic E-state index is -0.713. The van der Waals surface area contributed by atoms with Gasteiger partial charge >= 0.3 is 0 Å². The fraction of sp³-hybridized carbons (Fsp3) is 0.217. The van der Waals surface area contributed by atoms with Crippen molar-refractivity contribution in [3.63, 3.8) is 0 Å². The molecule has 0 bridgehead atoms. The van der Waals surface area contributed by atoms with Crippen LogP contribution in [0.4, 0.5) is 10.2 Å². The summed E-state index contributed by atoms with van der Waals surface area (Å²) in [7, 11) is 0. The van der Waals surface area contributed by atoms with E-state index in [1.54, 1.807) is 0 Å². The average Bonchev–Trinajstić information content (AvgIpc) is 3.12. The summed E-state index contributed by atoms with van der Waals surface area (Å²) in [4.78, 5) is 28.0. The van der Waals surface area contributed by atoms with Gasteiger partial charge in [-0.1, -0.05) is 41.6 Å². The Morgan fingerprint density at radius 3 is 2.56 bits per heavy atom. The molecule has 162 valence electrons. The van der Waals surface area contributed by atoms with Crippen molar-refractivity contribution in [1.29, 1.82) is 0 Å². The van der Waals surface area contributed by atoms with Crippen LogP contribution in [-0.4, -0.2) is 32.6 Å². The largest absolute Gasteiger partial charge is 0.353 e. The lowest BCUT2D eigenvalue weighted by atomic mass is 9.86. The molecule has 2 N–H and O–H groups in total. The first-order chi connectivity index (χ1) is 15.4. The van der Waals surface area contributed by atoms with E-state index in [9.17, 15) is 14.0 Å². The second-order valence-corrected chi connectivity index (χ2v) is 7.84. The van der Waals surface area contributed by atoms with Gasteiger partial charge < -0.3 is 10.6 Å². The topological polar surface area (TPSA) is 88.9 Å². The van der Waals surface area contributed by atoms with Gasteiger partial charge in [0.15, 0.2) is 11.6 Å². The van der Waals surface area contributed by atoms with E-state index in [0.717, 1.165) is 5.56 Å². The third kappa shape index (κ3) is 4.79. The second-order valence-electron chi connectivity index (χ2n) is 7.43. The fourth-order valence-electron chi connectivity index (χ4n) is 3.45. The molecule has 3 aromatic rings. The standard InChI is InChI=1S/C23H19ClFN5O2/c1-14(31)28-17-10-18(11-17)30-21(19(24)13-27-30)23(32)29-22-20(25)9-16(12-26-22)8-7-15-5-3-2-4-6-15/h2-6,9,12-13,17-18H,10-11H2,1H3,(H,28,31)(H,26,29,32). The van der Waals surface area contributed by atoms with E-state index in [1.165, 1.54) is 30.1 Å². The van der Waals surface area contributed by atoms with Crippen molar-refractivity contribution in [2.75, 3.05) is 5.32 Å². The summed E-state index contributed by atoms with van der Waals surface area (Å²) in [6, 6.07) is 10.4. The Bertz CT molecular complexity index is 1230. The van der Waals surface area contributed by atoms with E-state index < -0.39 is 11.7 Å². The quantitative estimate of drug-likeness (QED) is 0.593. The molecule has 1 fully saturated rings. The number of pyridine rings is 1. The van der Waals surface area contributed by atoms with E-state index in [4.69, 9.17) is 11.6 Å². The van der Waals surface area contributed by atoms with Crippen molar-refractivity contribution in [2.24, 2.45) is 0 Å². The van der Waals surface area contributed by atoms with Crippen molar-refractivity contribution in [2.45, 2.75) is 31.8 Å². The Balaban J connectivity index is 1.46. The lowest BCUT2D eigenvalue weighted by Crippen LogP contribution is -2.45. The van der Waals surface area contributed by atoms with Crippen LogP contribution >= 0.6 is 11.6 Å². The Morgan fingerprint density at radius 1 is 1.16 bits per heavy atom. The van der Waals surface area contributed by atoms with Crippen LogP contribution in [0.2, 0.25) is 5.02 Å². The monoisotopic (exact) mass is 451 g/mol. The molecule has 2 heterocycles. The van der Waals surface area contributed by atoms with Crippen LogP contribution in [0.15, 0.2) is 48.8 Å². The molecule has 0 aliphatic heterocycles. The molecule has 7 nitrogen and oxygen atoms in total. The molecular weight excluding hydrogens is 433 g/mol. The van der Waals surface area contributed by atoms with Crippen molar-refractivity contribution >= 4 is 29.2 Å². The zero-order valence-electron chi connectivity index (χ0n) is 17.1. The highest BCUT2D eigenvalue weighted by atomic mass is 35.5. The Morgan fingerprint density at radius 2 is 1.88 bits per heavy atom. The number of halogens is 2. The highest BCUT2D eigenvalue weighted by Crippen LogP contribution is 2.34. The highest BCUT2D eigenvalue weighted by molar-refractivity contribution is 6.34. The maximum Gasteiger partial charge on any atom is 0.276 e. The predicted octanol–water partition coefficient (Wildman–Crippen LogP) is 3.56. The van der Waals surface area contributed by atoms with E-state index in [1.807, 2.05) is 30.3 Å². The average molecular weight is 452 g/mol. The summed E-state index contributed by atoms with van der Waals surface area (Å²) in [5, 5.41) is 9.61. The van der Waals surface area contributed by atoms with Crippen LogP contribution in [0, 0.1) is 17.7 Å². The van der Waals surface area contributed by atoms with E-state index in [2.05, 4.69) is 32.6 Å². The van der Waals surface area contributed by atoms with Crippen LogP contribution < -0.4 is 10.6 Å². The molecule has 1 saturated carbocycles. The molecule has 2 amide bonds. The molecule has 2 aromatic heterocycles. The van der Waals surface area contributed by atoms with Gasteiger partial charge in [0.2, 0.25) is 5.91 Å². The number of carbonyl (C=O) groups is 2. The van der Waals surface area contributed by atoms with Gasteiger partial charge in [-0.05, 0) is 31.0 Å². The maximum absolute atomic E-state index is 14.5. The smallest absolute Gasteiger partial charge is 0.276 e. The van der Waals surface area contributed by atoms with Crippen molar-refractivity contribution in [1.82, 2.24) is 20.1 Å². The molecule has 32 heavy (non-hydrogen) atoms. The normalized spacial score (nSPS) is 17.0. The number of nitrogens with one attached hydrogen (secondary N) is 2. The molecule has 0 spiro atoms. The number of carbonyl (C=O) groups excluding carboxylic acids is 2. The lowest BCUT2D eigenvalue weighted by Gasteiger charge is -2.36. The number of amides is 2. The number of aromatic nitrogens is 3.